The Balaban J connectivity index is 0.000000552. The predicted octanol–water partition coefficient (Wildman–Crippen LogP) is 4.04. The number of carbonyl (C=O) groups excluding carboxylic acids is 1. The third-order valence-corrected chi connectivity index (χ3v) is 4.01. The van der Waals surface area contributed by atoms with Crippen LogP contribution in [-0.4, -0.2) is 36.7 Å². The number of carbonyl (C=O) groups is 2. The lowest BCUT2D eigenvalue weighted by Gasteiger charge is -2.16. The maximum absolute atomic E-state index is 11.0. The van der Waals surface area contributed by atoms with E-state index < -0.39 is 5.97 Å². The minimum Gasteiger partial charge on any atom is -0.488 e. The van der Waals surface area contributed by atoms with E-state index in [0.29, 0.717) is 12.2 Å². The minimum absolute atomic E-state index is 0.156. The number of carboxylic acids is 1. The van der Waals surface area contributed by atoms with Gasteiger partial charge >= 0.3 is 0 Å². The van der Waals surface area contributed by atoms with Gasteiger partial charge in [0.2, 0.25) is 0 Å². The Morgan fingerprint density at radius 1 is 1.23 bits per heavy atom. The van der Waals surface area contributed by atoms with Gasteiger partial charge in [-0.1, -0.05) is 18.2 Å². The molecule has 26 heavy (non-hydrogen) atoms. The van der Waals surface area contributed by atoms with Gasteiger partial charge in [0.15, 0.2) is 0 Å². The minimum atomic E-state index is -0.833. The van der Waals surface area contributed by atoms with Crippen LogP contribution in [-0.2, 0) is 9.53 Å². The van der Waals surface area contributed by atoms with E-state index in [4.69, 9.17) is 19.4 Å². The van der Waals surface area contributed by atoms with Gasteiger partial charge in [-0.25, -0.2) is 0 Å². The Kier molecular flexibility index (Phi) is 6.92. The van der Waals surface area contributed by atoms with Crippen molar-refractivity contribution in [2.24, 2.45) is 0 Å². The van der Waals surface area contributed by atoms with Crippen LogP contribution in [0.15, 0.2) is 36.4 Å². The lowest BCUT2D eigenvalue weighted by Crippen LogP contribution is -2.15. The first-order valence-electron chi connectivity index (χ1n) is 8.51. The van der Waals surface area contributed by atoms with E-state index in [2.05, 4.69) is 26.0 Å². The molecule has 1 aliphatic heterocycles. The van der Waals surface area contributed by atoms with Gasteiger partial charge < -0.3 is 14.6 Å². The van der Waals surface area contributed by atoms with Gasteiger partial charge in [0.05, 0.1) is 13.2 Å². The first-order chi connectivity index (χ1) is 12.4. The molecule has 1 aliphatic rings. The lowest BCUT2D eigenvalue weighted by atomic mass is 9.94. The average molecular weight is 356 g/mol. The Morgan fingerprint density at radius 3 is 2.42 bits per heavy atom. The van der Waals surface area contributed by atoms with Gasteiger partial charge in [0, 0.05) is 18.9 Å². The fraction of sp³-hybridized carbons (Fsp3) is 0.333. The largest absolute Gasteiger partial charge is 0.488 e. The quantitative estimate of drug-likeness (QED) is 0.837. The van der Waals surface area contributed by atoms with Crippen LogP contribution in [0.3, 0.4) is 0 Å². The predicted molar refractivity (Wildman–Crippen MR) is 99.9 cm³/mol. The van der Waals surface area contributed by atoms with Gasteiger partial charge in [-0.3, -0.25) is 9.59 Å². The summed E-state index contributed by atoms with van der Waals surface area (Å²) in [4.78, 5) is 20.0. The van der Waals surface area contributed by atoms with Crippen LogP contribution in [0, 0.1) is 13.8 Å². The summed E-state index contributed by atoms with van der Waals surface area (Å²) in [5.74, 6) is 0.0563. The summed E-state index contributed by atoms with van der Waals surface area (Å²) in [5, 5.41) is 7.42. The zero-order valence-corrected chi connectivity index (χ0v) is 15.3. The Labute approximate surface area is 153 Å². The maximum Gasteiger partial charge on any atom is 0.300 e. The molecule has 0 aliphatic carbocycles. The van der Waals surface area contributed by atoms with Crippen LogP contribution < -0.4 is 4.74 Å². The first-order valence-corrected chi connectivity index (χ1v) is 8.51. The fourth-order valence-electron chi connectivity index (χ4n) is 3.01. The second-order valence-electron chi connectivity index (χ2n) is 6.30. The number of carboxylic acid groups (broad SMARTS) is 1. The Bertz CT molecular complexity index is 749. The molecular formula is C21H24O5. The molecule has 0 spiro atoms. The van der Waals surface area contributed by atoms with Crippen molar-refractivity contribution in [3.8, 4) is 16.9 Å². The molecule has 0 bridgehead atoms. The summed E-state index contributed by atoms with van der Waals surface area (Å²) in [6.45, 7) is 6.68. The number of hydrogen-bond donors (Lipinski definition) is 1. The van der Waals surface area contributed by atoms with Crippen LogP contribution in [0.25, 0.3) is 11.1 Å². The van der Waals surface area contributed by atoms with E-state index in [1.54, 1.807) is 0 Å². The van der Waals surface area contributed by atoms with Crippen LogP contribution in [0.1, 0.15) is 34.8 Å². The highest BCUT2D eigenvalue weighted by Gasteiger charge is 2.18. The number of aldehydes is 1. The molecule has 0 saturated carbocycles. The number of benzene rings is 2. The van der Waals surface area contributed by atoms with E-state index >= 15 is 0 Å². The van der Waals surface area contributed by atoms with Crippen molar-refractivity contribution in [1.29, 1.82) is 0 Å². The molecule has 2 aromatic carbocycles. The van der Waals surface area contributed by atoms with Crippen molar-refractivity contribution in [3.63, 3.8) is 0 Å². The molecule has 1 atom stereocenters. The molecule has 1 fully saturated rings. The third-order valence-electron chi connectivity index (χ3n) is 4.01. The Morgan fingerprint density at radius 2 is 1.88 bits per heavy atom. The smallest absolute Gasteiger partial charge is 0.300 e. The number of rotatable bonds is 4. The van der Waals surface area contributed by atoms with E-state index in [1.807, 2.05) is 24.3 Å². The molecule has 5 heteroatoms. The molecule has 3 rings (SSSR count). The molecule has 5 nitrogen and oxygen atoms in total. The van der Waals surface area contributed by atoms with E-state index in [9.17, 15) is 4.79 Å². The van der Waals surface area contributed by atoms with Crippen molar-refractivity contribution in [3.05, 3.63) is 53.1 Å². The highest BCUT2D eigenvalue weighted by Crippen LogP contribution is 2.32. The van der Waals surface area contributed by atoms with Gasteiger partial charge in [-0.15, -0.1) is 0 Å². The number of ether oxygens (including phenoxy) is 2. The van der Waals surface area contributed by atoms with E-state index in [-0.39, 0.29) is 6.10 Å². The normalized spacial score (nSPS) is 15.7. The molecular weight excluding hydrogens is 332 g/mol. The topological polar surface area (TPSA) is 72.8 Å². The third kappa shape index (κ3) is 5.43. The van der Waals surface area contributed by atoms with Gasteiger partial charge in [0.1, 0.15) is 18.1 Å². The molecule has 2 aromatic rings. The van der Waals surface area contributed by atoms with Crippen molar-refractivity contribution in [2.45, 2.75) is 33.3 Å². The molecule has 1 unspecified atom stereocenters. The molecule has 0 aromatic heterocycles. The van der Waals surface area contributed by atoms with Crippen molar-refractivity contribution in [1.82, 2.24) is 0 Å². The highest BCUT2D eigenvalue weighted by molar-refractivity contribution is 5.80. The van der Waals surface area contributed by atoms with Gasteiger partial charge in [0.25, 0.3) is 5.97 Å². The Hall–Kier alpha value is -2.66. The monoisotopic (exact) mass is 356 g/mol. The second kappa shape index (κ2) is 9.15. The molecule has 1 heterocycles. The summed E-state index contributed by atoms with van der Waals surface area (Å²) in [6.07, 6.45) is 1.98. The van der Waals surface area contributed by atoms with Gasteiger partial charge in [-0.05, 0) is 54.3 Å². The SMILES string of the molecule is CC(=O)O.Cc1cc(OC2CCOC2)cc(C)c1-c1cccc(C=O)c1. The summed E-state index contributed by atoms with van der Waals surface area (Å²) in [6, 6.07) is 11.8. The van der Waals surface area contributed by atoms with Crippen LogP contribution in [0.2, 0.25) is 0 Å². The molecule has 1 saturated heterocycles. The molecule has 1 N–H and O–H groups in total. The van der Waals surface area contributed by atoms with Crippen molar-refractivity contribution < 1.29 is 24.2 Å². The number of aliphatic carboxylic acids is 1. The summed E-state index contributed by atoms with van der Waals surface area (Å²) >= 11 is 0. The zero-order chi connectivity index (χ0) is 19.1. The first kappa shape index (κ1) is 19.7. The van der Waals surface area contributed by atoms with E-state index in [1.165, 1.54) is 5.56 Å². The van der Waals surface area contributed by atoms with Crippen molar-refractivity contribution >= 4 is 12.3 Å². The number of aryl methyl sites for hydroxylation is 2. The second-order valence-corrected chi connectivity index (χ2v) is 6.30. The zero-order valence-electron chi connectivity index (χ0n) is 15.3. The van der Waals surface area contributed by atoms with E-state index in [0.717, 1.165) is 48.7 Å². The lowest BCUT2D eigenvalue weighted by molar-refractivity contribution is -0.134. The summed E-state index contributed by atoms with van der Waals surface area (Å²) in [7, 11) is 0. The highest BCUT2D eigenvalue weighted by atomic mass is 16.5. The van der Waals surface area contributed by atoms with Crippen LogP contribution >= 0.6 is 0 Å². The number of hydrogen-bond acceptors (Lipinski definition) is 4. The van der Waals surface area contributed by atoms with Gasteiger partial charge in [-0.2, -0.15) is 0 Å². The molecule has 0 amide bonds. The summed E-state index contributed by atoms with van der Waals surface area (Å²) in [5.41, 5.74) is 5.22. The standard InChI is InChI=1S/C19H20O3.C2H4O2/c1-13-8-18(22-17-6-7-21-12-17)9-14(2)19(13)16-5-3-4-15(10-16)11-20;1-2(3)4/h3-5,8-11,17H,6-7,12H2,1-2H3;1H3,(H,3,4). The maximum atomic E-state index is 11.0. The summed E-state index contributed by atoms with van der Waals surface area (Å²) < 4.78 is 11.3. The molecule has 138 valence electrons. The fourth-order valence-corrected chi connectivity index (χ4v) is 3.01. The van der Waals surface area contributed by atoms with Crippen LogP contribution in [0.4, 0.5) is 0 Å². The average Bonchev–Trinajstić information content (AvgIpc) is 3.07. The molecule has 0 radical (unpaired) electrons. The van der Waals surface area contributed by atoms with Crippen LogP contribution in [0.5, 0.6) is 5.75 Å². The van der Waals surface area contributed by atoms with Crippen molar-refractivity contribution in [2.75, 3.05) is 13.2 Å².